The van der Waals surface area contributed by atoms with E-state index in [0.29, 0.717) is 12.2 Å². The van der Waals surface area contributed by atoms with Gasteiger partial charge in [-0.05, 0) is 55.8 Å². The van der Waals surface area contributed by atoms with Crippen LogP contribution < -0.4 is 10.1 Å². The summed E-state index contributed by atoms with van der Waals surface area (Å²) in [6.07, 6.45) is 0. The van der Waals surface area contributed by atoms with Gasteiger partial charge in [0.15, 0.2) is 0 Å². The van der Waals surface area contributed by atoms with E-state index in [4.69, 9.17) is 4.74 Å². The van der Waals surface area contributed by atoms with Gasteiger partial charge in [-0.25, -0.2) is 4.39 Å². The average Bonchev–Trinajstić information content (AvgIpc) is 2.49. The molecule has 2 aromatic rings. The lowest BCUT2D eigenvalue weighted by Crippen LogP contribution is -2.26. The molecule has 110 valence electrons. The Balaban J connectivity index is 2.01. The first-order valence-corrected chi connectivity index (χ1v) is 6.89. The van der Waals surface area contributed by atoms with Crippen molar-refractivity contribution in [3.8, 4) is 5.75 Å². The van der Waals surface area contributed by atoms with Gasteiger partial charge in [-0.1, -0.05) is 12.1 Å². The van der Waals surface area contributed by atoms with Crippen molar-refractivity contribution in [1.29, 1.82) is 0 Å². The van der Waals surface area contributed by atoms with Gasteiger partial charge in [0.1, 0.15) is 11.6 Å². The Hall–Kier alpha value is -2.36. The molecular weight excluding hydrogens is 269 g/mol. The van der Waals surface area contributed by atoms with E-state index in [1.807, 2.05) is 38.1 Å². The second-order valence-corrected chi connectivity index (χ2v) is 4.70. The van der Waals surface area contributed by atoms with E-state index >= 15 is 0 Å². The maximum atomic E-state index is 12.8. The number of nitrogens with one attached hydrogen (secondary N) is 1. The van der Waals surface area contributed by atoms with E-state index in [9.17, 15) is 9.18 Å². The molecule has 3 nitrogen and oxygen atoms in total. The molecule has 2 aromatic carbocycles. The van der Waals surface area contributed by atoms with Crippen LogP contribution in [-0.2, 0) is 0 Å². The highest BCUT2D eigenvalue weighted by Crippen LogP contribution is 2.18. The molecule has 1 unspecified atom stereocenters. The highest BCUT2D eigenvalue weighted by Gasteiger charge is 2.11. The number of carbonyl (C=O) groups excluding carboxylic acids is 1. The fourth-order valence-electron chi connectivity index (χ4n) is 1.98. The summed E-state index contributed by atoms with van der Waals surface area (Å²) in [6, 6.07) is 12.9. The highest BCUT2D eigenvalue weighted by atomic mass is 19.1. The highest BCUT2D eigenvalue weighted by molar-refractivity contribution is 5.94. The van der Waals surface area contributed by atoms with Gasteiger partial charge in [-0.3, -0.25) is 4.79 Å². The van der Waals surface area contributed by atoms with Crippen molar-refractivity contribution in [2.45, 2.75) is 19.9 Å². The number of benzene rings is 2. The molecule has 1 amide bonds. The molecule has 4 heteroatoms. The standard InChI is InChI=1S/C17H18FNO2/c1-3-21-16-10-6-13(7-11-16)12(2)19-17(20)14-4-8-15(18)9-5-14/h4-12H,3H2,1-2H3,(H,19,20). The summed E-state index contributed by atoms with van der Waals surface area (Å²) in [7, 11) is 0. The molecular formula is C17H18FNO2. The summed E-state index contributed by atoms with van der Waals surface area (Å²) in [5.41, 5.74) is 1.42. The van der Waals surface area contributed by atoms with Gasteiger partial charge in [0.25, 0.3) is 5.91 Å². The third-order valence-electron chi connectivity index (χ3n) is 3.15. The monoisotopic (exact) mass is 287 g/mol. The van der Waals surface area contributed by atoms with Gasteiger partial charge in [0, 0.05) is 5.56 Å². The number of ether oxygens (including phenoxy) is 1. The zero-order chi connectivity index (χ0) is 15.2. The first-order chi connectivity index (χ1) is 10.1. The van der Waals surface area contributed by atoms with Gasteiger partial charge >= 0.3 is 0 Å². The summed E-state index contributed by atoms with van der Waals surface area (Å²) in [6.45, 7) is 4.45. The number of carbonyl (C=O) groups is 1. The second-order valence-electron chi connectivity index (χ2n) is 4.70. The number of rotatable bonds is 5. The third-order valence-corrected chi connectivity index (χ3v) is 3.15. The maximum Gasteiger partial charge on any atom is 0.251 e. The van der Waals surface area contributed by atoms with E-state index in [1.165, 1.54) is 24.3 Å². The molecule has 0 bridgehead atoms. The molecule has 0 radical (unpaired) electrons. The fraction of sp³-hybridized carbons (Fsp3) is 0.235. The van der Waals surface area contributed by atoms with Crippen molar-refractivity contribution in [1.82, 2.24) is 5.32 Å². The van der Waals surface area contributed by atoms with E-state index < -0.39 is 0 Å². The molecule has 0 heterocycles. The molecule has 0 aromatic heterocycles. The normalized spacial score (nSPS) is 11.8. The van der Waals surface area contributed by atoms with Crippen LogP contribution in [0, 0.1) is 5.82 Å². The van der Waals surface area contributed by atoms with Gasteiger partial charge in [0.2, 0.25) is 0 Å². The predicted octanol–water partition coefficient (Wildman–Crippen LogP) is 3.72. The zero-order valence-electron chi connectivity index (χ0n) is 12.1. The second kappa shape index (κ2) is 6.88. The van der Waals surface area contributed by atoms with Crippen LogP contribution in [-0.4, -0.2) is 12.5 Å². The number of amides is 1. The minimum Gasteiger partial charge on any atom is -0.494 e. The van der Waals surface area contributed by atoms with Crippen molar-refractivity contribution >= 4 is 5.91 Å². The van der Waals surface area contributed by atoms with Gasteiger partial charge in [-0.15, -0.1) is 0 Å². The third kappa shape index (κ3) is 4.05. The van der Waals surface area contributed by atoms with Crippen LogP contribution >= 0.6 is 0 Å². The Kier molecular flexibility index (Phi) is 4.93. The van der Waals surface area contributed by atoms with Crippen LogP contribution in [0.4, 0.5) is 4.39 Å². The van der Waals surface area contributed by atoms with E-state index in [-0.39, 0.29) is 17.8 Å². The quantitative estimate of drug-likeness (QED) is 0.910. The van der Waals surface area contributed by atoms with Crippen LogP contribution in [0.15, 0.2) is 48.5 Å². The van der Waals surface area contributed by atoms with Crippen LogP contribution in [0.25, 0.3) is 0 Å². The molecule has 1 N–H and O–H groups in total. The number of hydrogen-bond acceptors (Lipinski definition) is 2. The minimum atomic E-state index is -0.355. The molecule has 21 heavy (non-hydrogen) atoms. The molecule has 0 fully saturated rings. The van der Waals surface area contributed by atoms with Crippen LogP contribution in [0.5, 0.6) is 5.75 Å². The topological polar surface area (TPSA) is 38.3 Å². The summed E-state index contributed by atoms with van der Waals surface area (Å²) in [5, 5.41) is 2.88. The molecule has 2 rings (SSSR count). The van der Waals surface area contributed by atoms with E-state index in [0.717, 1.165) is 11.3 Å². The summed E-state index contributed by atoms with van der Waals surface area (Å²) in [5.74, 6) is 0.223. The summed E-state index contributed by atoms with van der Waals surface area (Å²) < 4.78 is 18.2. The molecule has 0 aliphatic rings. The smallest absolute Gasteiger partial charge is 0.251 e. The van der Waals surface area contributed by atoms with Crippen molar-refractivity contribution in [2.75, 3.05) is 6.61 Å². The maximum absolute atomic E-state index is 12.8. The lowest BCUT2D eigenvalue weighted by Gasteiger charge is -2.15. The van der Waals surface area contributed by atoms with Gasteiger partial charge in [-0.2, -0.15) is 0 Å². The minimum absolute atomic E-state index is 0.141. The van der Waals surface area contributed by atoms with Crippen molar-refractivity contribution in [3.63, 3.8) is 0 Å². The fourth-order valence-corrected chi connectivity index (χ4v) is 1.98. The van der Waals surface area contributed by atoms with Crippen molar-refractivity contribution in [2.24, 2.45) is 0 Å². The van der Waals surface area contributed by atoms with Crippen molar-refractivity contribution in [3.05, 3.63) is 65.5 Å². The summed E-state index contributed by atoms with van der Waals surface area (Å²) >= 11 is 0. The lowest BCUT2D eigenvalue weighted by molar-refractivity contribution is 0.0940. The molecule has 0 spiro atoms. The van der Waals surface area contributed by atoms with Crippen molar-refractivity contribution < 1.29 is 13.9 Å². The largest absolute Gasteiger partial charge is 0.494 e. The molecule has 0 aliphatic carbocycles. The Morgan fingerprint density at radius 3 is 2.33 bits per heavy atom. The number of hydrogen-bond donors (Lipinski definition) is 1. The average molecular weight is 287 g/mol. The van der Waals surface area contributed by atoms with Gasteiger partial charge < -0.3 is 10.1 Å². The number of halogens is 1. The first-order valence-electron chi connectivity index (χ1n) is 6.89. The lowest BCUT2D eigenvalue weighted by atomic mass is 10.1. The Morgan fingerprint density at radius 2 is 1.76 bits per heavy atom. The van der Waals surface area contributed by atoms with E-state index in [2.05, 4.69) is 5.32 Å². The first kappa shape index (κ1) is 15.0. The molecule has 1 atom stereocenters. The Labute approximate surface area is 123 Å². The molecule has 0 saturated heterocycles. The van der Waals surface area contributed by atoms with Crippen LogP contribution in [0.3, 0.4) is 0 Å². The Morgan fingerprint density at radius 1 is 1.14 bits per heavy atom. The Bertz CT molecular complexity index is 593. The SMILES string of the molecule is CCOc1ccc(C(C)NC(=O)c2ccc(F)cc2)cc1. The molecule has 0 aliphatic heterocycles. The van der Waals surface area contributed by atoms with E-state index in [1.54, 1.807) is 0 Å². The predicted molar refractivity (Wildman–Crippen MR) is 79.9 cm³/mol. The summed E-state index contributed by atoms with van der Waals surface area (Å²) in [4.78, 5) is 12.1. The van der Waals surface area contributed by atoms with Crippen LogP contribution in [0.2, 0.25) is 0 Å². The zero-order valence-corrected chi connectivity index (χ0v) is 12.1. The van der Waals surface area contributed by atoms with Gasteiger partial charge in [0.05, 0.1) is 12.6 Å². The molecule has 0 saturated carbocycles. The van der Waals surface area contributed by atoms with Crippen LogP contribution in [0.1, 0.15) is 35.8 Å².